The van der Waals surface area contributed by atoms with Crippen LogP contribution in [-0.2, 0) is 22.6 Å². The average Bonchev–Trinajstić information content (AvgIpc) is 3.19. The summed E-state index contributed by atoms with van der Waals surface area (Å²) < 4.78 is 0.881. The Kier molecular flexibility index (Phi) is 9.88. The van der Waals surface area contributed by atoms with E-state index in [-0.39, 0.29) is 49.1 Å². The first kappa shape index (κ1) is 29.2. The van der Waals surface area contributed by atoms with Gasteiger partial charge < -0.3 is 10.2 Å². The lowest BCUT2D eigenvalue weighted by Crippen LogP contribution is -2.51. The molecule has 1 heterocycles. The highest BCUT2D eigenvalue weighted by Gasteiger charge is 2.35. The van der Waals surface area contributed by atoms with Gasteiger partial charge in [-0.1, -0.05) is 84.4 Å². The Balaban J connectivity index is 1.54. The van der Waals surface area contributed by atoms with Gasteiger partial charge in [-0.05, 0) is 47.7 Å². The van der Waals surface area contributed by atoms with Crippen LogP contribution in [-0.4, -0.2) is 52.6 Å². The molecule has 3 aromatic carbocycles. The maximum absolute atomic E-state index is 13.8. The van der Waals surface area contributed by atoms with Gasteiger partial charge in [-0.15, -0.1) is 0 Å². The van der Waals surface area contributed by atoms with Crippen LogP contribution in [0, 0.1) is 5.92 Å². The fourth-order valence-corrected chi connectivity index (χ4v) is 5.23. The van der Waals surface area contributed by atoms with Gasteiger partial charge in [0.25, 0.3) is 11.8 Å². The molecule has 0 saturated heterocycles. The number of halogens is 1. The molecule has 0 saturated carbocycles. The van der Waals surface area contributed by atoms with E-state index in [0.29, 0.717) is 30.5 Å². The zero-order chi connectivity index (χ0) is 28.6. The van der Waals surface area contributed by atoms with Crippen molar-refractivity contribution in [2.75, 3.05) is 13.1 Å². The van der Waals surface area contributed by atoms with Crippen LogP contribution in [0.15, 0.2) is 83.3 Å². The summed E-state index contributed by atoms with van der Waals surface area (Å²) in [5.41, 5.74) is 2.61. The first-order valence-corrected chi connectivity index (χ1v) is 14.3. The third-order valence-electron chi connectivity index (χ3n) is 6.85. The Morgan fingerprint density at radius 3 is 2.12 bits per heavy atom. The second-order valence-electron chi connectivity index (χ2n) is 10.4. The van der Waals surface area contributed by atoms with Crippen LogP contribution < -0.4 is 5.32 Å². The fourth-order valence-electron chi connectivity index (χ4n) is 4.78. The topological polar surface area (TPSA) is 86.8 Å². The maximum Gasteiger partial charge on any atom is 0.261 e. The quantitative estimate of drug-likeness (QED) is 0.287. The molecule has 4 amide bonds. The van der Waals surface area contributed by atoms with E-state index < -0.39 is 6.04 Å². The summed E-state index contributed by atoms with van der Waals surface area (Å²) in [4.78, 5) is 55.7. The number of nitrogens with zero attached hydrogens (tertiary/aromatic N) is 2. The highest BCUT2D eigenvalue weighted by Crippen LogP contribution is 2.23. The van der Waals surface area contributed by atoms with E-state index >= 15 is 0 Å². The third kappa shape index (κ3) is 7.24. The summed E-state index contributed by atoms with van der Waals surface area (Å²) in [6.07, 6.45) is 0.748. The average molecular weight is 605 g/mol. The number of imide groups is 1. The second-order valence-corrected chi connectivity index (χ2v) is 11.3. The number of benzene rings is 3. The van der Waals surface area contributed by atoms with Crippen LogP contribution in [0.3, 0.4) is 0 Å². The van der Waals surface area contributed by atoms with Gasteiger partial charge in [0.05, 0.1) is 11.1 Å². The number of hydrogen-bond acceptors (Lipinski definition) is 4. The molecule has 0 bridgehead atoms. The van der Waals surface area contributed by atoms with E-state index in [4.69, 9.17) is 0 Å². The molecule has 1 aliphatic rings. The monoisotopic (exact) mass is 603 g/mol. The lowest BCUT2D eigenvalue weighted by molar-refractivity contribution is -0.141. The second kappa shape index (κ2) is 13.5. The normalized spacial score (nSPS) is 13.3. The van der Waals surface area contributed by atoms with Crippen LogP contribution in [0.25, 0.3) is 0 Å². The van der Waals surface area contributed by atoms with Crippen molar-refractivity contribution in [1.29, 1.82) is 0 Å². The van der Waals surface area contributed by atoms with Crippen LogP contribution in [0.2, 0.25) is 0 Å². The van der Waals surface area contributed by atoms with E-state index in [9.17, 15) is 19.2 Å². The van der Waals surface area contributed by atoms with Crippen molar-refractivity contribution in [3.05, 3.63) is 106 Å². The summed E-state index contributed by atoms with van der Waals surface area (Å²) >= 11 is 3.50. The number of nitrogens with one attached hydrogen (secondary N) is 1. The zero-order valence-electron chi connectivity index (χ0n) is 22.8. The SMILES string of the molecule is CC(C)CNC(=O)[C@@H](Cc1ccccc1)N(Cc1cccc(Br)c1)C(=O)CCCN1C(=O)c2ccccc2C1=O. The van der Waals surface area contributed by atoms with Crippen molar-refractivity contribution >= 4 is 39.6 Å². The molecule has 3 aromatic rings. The molecule has 0 radical (unpaired) electrons. The molecular formula is C32H34BrN3O4. The minimum Gasteiger partial charge on any atom is -0.354 e. The van der Waals surface area contributed by atoms with Crippen molar-refractivity contribution in [3.63, 3.8) is 0 Å². The van der Waals surface area contributed by atoms with Gasteiger partial charge in [-0.25, -0.2) is 0 Å². The first-order valence-electron chi connectivity index (χ1n) is 13.6. The van der Waals surface area contributed by atoms with E-state index in [1.54, 1.807) is 29.2 Å². The van der Waals surface area contributed by atoms with E-state index in [0.717, 1.165) is 15.6 Å². The third-order valence-corrected chi connectivity index (χ3v) is 7.34. The Bertz CT molecular complexity index is 1340. The Hall–Kier alpha value is -3.78. The summed E-state index contributed by atoms with van der Waals surface area (Å²) in [5.74, 6) is -0.836. The van der Waals surface area contributed by atoms with E-state index in [1.165, 1.54) is 4.90 Å². The molecule has 8 heteroatoms. The molecule has 40 heavy (non-hydrogen) atoms. The van der Waals surface area contributed by atoms with Crippen molar-refractivity contribution < 1.29 is 19.2 Å². The predicted octanol–water partition coefficient (Wildman–Crippen LogP) is 5.24. The Labute approximate surface area is 243 Å². The molecular weight excluding hydrogens is 570 g/mol. The fraction of sp³-hybridized carbons (Fsp3) is 0.312. The molecule has 1 atom stereocenters. The Morgan fingerprint density at radius 2 is 1.50 bits per heavy atom. The van der Waals surface area contributed by atoms with E-state index in [1.807, 2.05) is 68.4 Å². The number of amides is 4. The molecule has 4 rings (SSSR count). The van der Waals surface area contributed by atoms with Crippen LogP contribution in [0.5, 0.6) is 0 Å². The highest BCUT2D eigenvalue weighted by molar-refractivity contribution is 9.10. The molecule has 0 fully saturated rings. The maximum atomic E-state index is 13.8. The zero-order valence-corrected chi connectivity index (χ0v) is 24.4. The number of carbonyl (C=O) groups is 4. The van der Waals surface area contributed by atoms with Crippen molar-refractivity contribution in [3.8, 4) is 0 Å². The van der Waals surface area contributed by atoms with Crippen LogP contribution >= 0.6 is 15.9 Å². The van der Waals surface area contributed by atoms with Crippen LogP contribution in [0.1, 0.15) is 58.5 Å². The number of fused-ring (bicyclic) bond motifs is 1. The molecule has 208 valence electrons. The standard InChI is InChI=1S/C32H34BrN3O4/c1-22(2)20-34-30(38)28(19-23-10-4-3-5-11-23)36(21-24-12-8-13-25(33)18-24)29(37)16-9-17-35-31(39)26-14-6-7-15-27(26)32(35)40/h3-8,10-15,18,22,28H,9,16-17,19-21H2,1-2H3,(H,34,38)/t28-/m1/s1. The molecule has 0 unspecified atom stereocenters. The van der Waals surface area contributed by atoms with Gasteiger partial charge >= 0.3 is 0 Å². The first-order chi connectivity index (χ1) is 19.2. The predicted molar refractivity (Wildman–Crippen MR) is 158 cm³/mol. The van der Waals surface area contributed by atoms with Gasteiger partial charge in [0.15, 0.2) is 0 Å². The molecule has 0 aliphatic carbocycles. The number of hydrogen-bond donors (Lipinski definition) is 1. The molecule has 0 spiro atoms. The van der Waals surface area contributed by atoms with Gasteiger partial charge in [-0.3, -0.25) is 24.1 Å². The number of rotatable bonds is 12. The van der Waals surface area contributed by atoms with Crippen molar-refractivity contribution in [2.45, 2.75) is 45.7 Å². The highest BCUT2D eigenvalue weighted by atomic mass is 79.9. The van der Waals surface area contributed by atoms with Crippen molar-refractivity contribution in [1.82, 2.24) is 15.1 Å². The Morgan fingerprint density at radius 1 is 0.875 bits per heavy atom. The molecule has 1 aliphatic heterocycles. The minimum atomic E-state index is -0.730. The van der Waals surface area contributed by atoms with Crippen LogP contribution in [0.4, 0.5) is 0 Å². The van der Waals surface area contributed by atoms with Gasteiger partial charge in [-0.2, -0.15) is 0 Å². The largest absolute Gasteiger partial charge is 0.354 e. The smallest absolute Gasteiger partial charge is 0.261 e. The van der Waals surface area contributed by atoms with Crippen molar-refractivity contribution in [2.24, 2.45) is 5.92 Å². The summed E-state index contributed by atoms with van der Waals surface area (Å²) in [6.45, 7) is 4.93. The van der Waals surface area contributed by atoms with Gasteiger partial charge in [0, 0.05) is 36.9 Å². The number of carbonyl (C=O) groups excluding carboxylic acids is 4. The summed E-state index contributed by atoms with van der Waals surface area (Å²) in [5, 5.41) is 3.02. The van der Waals surface area contributed by atoms with Gasteiger partial charge in [0.2, 0.25) is 11.8 Å². The summed E-state index contributed by atoms with van der Waals surface area (Å²) in [7, 11) is 0. The molecule has 7 nitrogen and oxygen atoms in total. The lowest BCUT2D eigenvalue weighted by Gasteiger charge is -2.32. The summed E-state index contributed by atoms with van der Waals surface area (Å²) in [6, 6.07) is 23.3. The minimum absolute atomic E-state index is 0.0875. The lowest BCUT2D eigenvalue weighted by atomic mass is 10.0. The molecule has 1 N–H and O–H groups in total. The molecule has 0 aromatic heterocycles. The van der Waals surface area contributed by atoms with E-state index in [2.05, 4.69) is 21.2 Å². The van der Waals surface area contributed by atoms with Gasteiger partial charge in [0.1, 0.15) is 6.04 Å².